The van der Waals surface area contributed by atoms with Crippen LogP contribution in [-0.2, 0) is 13.2 Å². The Morgan fingerprint density at radius 2 is 2.10 bits per heavy atom. The van der Waals surface area contributed by atoms with E-state index in [-0.39, 0.29) is 12.4 Å². The highest BCUT2D eigenvalue weighted by Gasteiger charge is 2.15. The van der Waals surface area contributed by atoms with Gasteiger partial charge in [0.1, 0.15) is 5.75 Å². The molecular formula is C16H27N3O2. The van der Waals surface area contributed by atoms with Crippen molar-refractivity contribution in [3.05, 3.63) is 23.0 Å². The van der Waals surface area contributed by atoms with Crippen LogP contribution in [0.1, 0.15) is 36.6 Å². The molecular weight excluding hydrogens is 266 g/mol. The molecule has 1 fully saturated rings. The van der Waals surface area contributed by atoms with Gasteiger partial charge in [0.05, 0.1) is 12.3 Å². The monoisotopic (exact) mass is 293 g/mol. The first-order chi connectivity index (χ1) is 10.1. The van der Waals surface area contributed by atoms with Crippen LogP contribution in [0.5, 0.6) is 5.75 Å². The molecule has 0 radical (unpaired) electrons. The highest BCUT2D eigenvalue weighted by Crippen LogP contribution is 2.23. The molecule has 5 nitrogen and oxygen atoms in total. The van der Waals surface area contributed by atoms with Crippen molar-refractivity contribution in [2.75, 3.05) is 26.2 Å². The number of hydrogen-bond donors (Lipinski definition) is 3. The Bertz CT molecular complexity index is 459. The van der Waals surface area contributed by atoms with Gasteiger partial charge in [0.2, 0.25) is 0 Å². The molecule has 1 saturated heterocycles. The lowest BCUT2D eigenvalue weighted by Gasteiger charge is -2.21. The number of nitrogens with one attached hydrogen (secondary N) is 1. The zero-order valence-electron chi connectivity index (χ0n) is 13.1. The molecule has 1 unspecified atom stereocenters. The quantitative estimate of drug-likeness (QED) is 0.709. The number of nitrogens with zero attached hydrogens (tertiary/aromatic N) is 2. The summed E-state index contributed by atoms with van der Waals surface area (Å²) in [5.74, 6) is 0.770. The second kappa shape index (κ2) is 7.73. The van der Waals surface area contributed by atoms with E-state index < -0.39 is 0 Å². The predicted octanol–water partition coefficient (Wildman–Crippen LogP) is 1.41. The van der Waals surface area contributed by atoms with E-state index in [4.69, 9.17) is 0 Å². The van der Waals surface area contributed by atoms with Crippen molar-refractivity contribution in [3.63, 3.8) is 0 Å². The molecule has 0 bridgehead atoms. The SMILES string of the molecule is Cc1ncc(CO)c(CNCC(C)CN2CCCC2)c1O. The van der Waals surface area contributed by atoms with Gasteiger partial charge >= 0.3 is 0 Å². The number of aromatic hydroxyl groups is 1. The molecule has 5 heteroatoms. The van der Waals surface area contributed by atoms with Crippen molar-refractivity contribution < 1.29 is 10.2 Å². The third kappa shape index (κ3) is 4.40. The van der Waals surface area contributed by atoms with Gasteiger partial charge in [-0.25, -0.2) is 0 Å². The fourth-order valence-corrected chi connectivity index (χ4v) is 2.93. The lowest BCUT2D eigenvalue weighted by atomic mass is 10.1. The van der Waals surface area contributed by atoms with E-state index in [1.165, 1.54) is 25.9 Å². The van der Waals surface area contributed by atoms with E-state index in [1.54, 1.807) is 13.1 Å². The Morgan fingerprint density at radius 3 is 2.76 bits per heavy atom. The van der Waals surface area contributed by atoms with Crippen molar-refractivity contribution in [2.45, 2.75) is 39.8 Å². The van der Waals surface area contributed by atoms with Crippen LogP contribution >= 0.6 is 0 Å². The van der Waals surface area contributed by atoms with Gasteiger partial charge in [-0.15, -0.1) is 0 Å². The van der Waals surface area contributed by atoms with Gasteiger partial charge < -0.3 is 20.4 Å². The van der Waals surface area contributed by atoms with Crippen molar-refractivity contribution in [1.29, 1.82) is 0 Å². The Hall–Kier alpha value is -1.17. The zero-order valence-corrected chi connectivity index (χ0v) is 13.1. The molecule has 2 rings (SSSR count). The number of pyridine rings is 1. The van der Waals surface area contributed by atoms with Crippen LogP contribution in [0.2, 0.25) is 0 Å². The maximum atomic E-state index is 10.1. The van der Waals surface area contributed by atoms with E-state index in [1.807, 2.05) is 0 Å². The van der Waals surface area contributed by atoms with Crippen LogP contribution in [-0.4, -0.2) is 46.3 Å². The highest BCUT2D eigenvalue weighted by molar-refractivity contribution is 5.40. The Morgan fingerprint density at radius 1 is 1.38 bits per heavy atom. The van der Waals surface area contributed by atoms with Gasteiger partial charge in [0, 0.05) is 30.4 Å². The molecule has 1 atom stereocenters. The number of aryl methyl sites for hydroxylation is 1. The Kier molecular flexibility index (Phi) is 5.96. The van der Waals surface area contributed by atoms with Crippen molar-refractivity contribution in [2.24, 2.45) is 5.92 Å². The number of aliphatic hydroxyl groups excluding tert-OH is 1. The number of likely N-dealkylation sites (tertiary alicyclic amines) is 1. The molecule has 1 aromatic rings. The van der Waals surface area contributed by atoms with Crippen LogP contribution in [0, 0.1) is 12.8 Å². The Labute approximate surface area is 127 Å². The van der Waals surface area contributed by atoms with Crippen molar-refractivity contribution >= 4 is 0 Å². The smallest absolute Gasteiger partial charge is 0.141 e. The fourth-order valence-electron chi connectivity index (χ4n) is 2.93. The van der Waals surface area contributed by atoms with E-state index in [9.17, 15) is 10.2 Å². The minimum absolute atomic E-state index is 0.0960. The topological polar surface area (TPSA) is 68.6 Å². The molecule has 1 aromatic heterocycles. The van der Waals surface area contributed by atoms with E-state index in [0.29, 0.717) is 23.7 Å². The minimum atomic E-state index is -0.0960. The van der Waals surface area contributed by atoms with Gasteiger partial charge in [-0.1, -0.05) is 6.92 Å². The standard InChI is InChI=1S/C16H27N3O2/c1-12(10-19-5-3-4-6-19)7-17-9-15-14(11-20)8-18-13(2)16(15)21/h8,12,17,20-21H,3-7,9-11H2,1-2H3. The summed E-state index contributed by atoms with van der Waals surface area (Å²) < 4.78 is 0. The average molecular weight is 293 g/mol. The predicted molar refractivity (Wildman–Crippen MR) is 83.1 cm³/mol. The molecule has 0 aliphatic carbocycles. The van der Waals surface area contributed by atoms with Gasteiger partial charge in [-0.3, -0.25) is 4.98 Å². The Balaban J connectivity index is 1.83. The maximum Gasteiger partial charge on any atom is 0.141 e. The first-order valence-electron chi connectivity index (χ1n) is 7.82. The summed E-state index contributed by atoms with van der Waals surface area (Å²) in [6, 6.07) is 0. The minimum Gasteiger partial charge on any atom is -0.506 e. The summed E-state index contributed by atoms with van der Waals surface area (Å²) >= 11 is 0. The fraction of sp³-hybridized carbons (Fsp3) is 0.688. The van der Waals surface area contributed by atoms with Crippen LogP contribution < -0.4 is 5.32 Å². The van der Waals surface area contributed by atoms with E-state index in [0.717, 1.165) is 18.7 Å². The first-order valence-corrected chi connectivity index (χ1v) is 7.82. The summed E-state index contributed by atoms with van der Waals surface area (Å²) in [5.41, 5.74) is 2.06. The van der Waals surface area contributed by atoms with Crippen molar-refractivity contribution in [1.82, 2.24) is 15.2 Å². The van der Waals surface area contributed by atoms with E-state index >= 15 is 0 Å². The van der Waals surface area contributed by atoms with Crippen LogP contribution in [0.3, 0.4) is 0 Å². The molecule has 118 valence electrons. The molecule has 0 spiro atoms. The summed E-state index contributed by atoms with van der Waals surface area (Å²) in [5, 5.41) is 22.8. The third-order valence-corrected chi connectivity index (χ3v) is 4.16. The zero-order chi connectivity index (χ0) is 15.2. The lowest BCUT2D eigenvalue weighted by Crippen LogP contribution is -2.31. The number of rotatable bonds is 7. The molecule has 1 aliphatic heterocycles. The van der Waals surface area contributed by atoms with Gasteiger partial charge in [-0.05, 0) is 45.3 Å². The molecule has 0 aromatic carbocycles. The summed E-state index contributed by atoms with van der Waals surface area (Å²) in [7, 11) is 0. The number of aromatic nitrogens is 1. The first kappa shape index (κ1) is 16.2. The van der Waals surface area contributed by atoms with Gasteiger partial charge in [0.25, 0.3) is 0 Å². The van der Waals surface area contributed by atoms with Crippen LogP contribution in [0.15, 0.2) is 6.20 Å². The molecule has 3 N–H and O–H groups in total. The molecule has 2 heterocycles. The summed E-state index contributed by atoms with van der Waals surface area (Å²) in [4.78, 5) is 6.59. The number of aliphatic hydroxyl groups is 1. The normalized spacial score (nSPS) is 17.3. The third-order valence-electron chi connectivity index (χ3n) is 4.16. The van der Waals surface area contributed by atoms with Crippen molar-refractivity contribution in [3.8, 4) is 5.75 Å². The molecule has 0 amide bonds. The van der Waals surface area contributed by atoms with E-state index in [2.05, 4.69) is 22.1 Å². The molecule has 21 heavy (non-hydrogen) atoms. The second-order valence-electron chi connectivity index (χ2n) is 6.10. The number of hydrogen-bond acceptors (Lipinski definition) is 5. The maximum absolute atomic E-state index is 10.1. The highest BCUT2D eigenvalue weighted by atomic mass is 16.3. The molecule has 0 saturated carbocycles. The summed E-state index contributed by atoms with van der Waals surface area (Å²) in [6.07, 6.45) is 4.29. The summed E-state index contributed by atoms with van der Waals surface area (Å²) in [6.45, 7) is 8.97. The van der Waals surface area contributed by atoms with Crippen LogP contribution in [0.25, 0.3) is 0 Å². The van der Waals surface area contributed by atoms with Crippen LogP contribution in [0.4, 0.5) is 0 Å². The van der Waals surface area contributed by atoms with Gasteiger partial charge in [-0.2, -0.15) is 0 Å². The largest absolute Gasteiger partial charge is 0.506 e. The molecule has 1 aliphatic rings. The second-order valence-corrected chi connectivity index (χ2v) is 6.10. The average Bonchev–Trinajstić information content (AvgIpc) is 2.96. The lowest BCUT2D eigenvalue weighted by molar-refractivity contribution is 0.276. The van der Waals surface area contributed by atoms with Gasteiger partial charge in [0.15, 0.2) is 0 Å².